The molecule has 0 bridgehead atoms. The summed E-state index contributed by atoms with van der Waals surface area (Å²) in [4.78, 5) is 26.4. The lowest BCUT2D eigenvalue weighted by Crippen LogP contribution is -2.45. The first-order valence-electron chi connectivity index (χ1n) is 8.76. The summed E-state index contributed by atoms with van der Waals surface area (Å²) in [6.07, 6.45) is 0.827. The molecule has 1 aliphatic rings. The highest BCUT2D eigenvalue weighted by molar-refractivity contribution is 6.30. The Balaban J connectivity index is 1.67. The summed E-state index contributed by atoms with van der Waals surface area (Å²) in [5, 5.41) is 7.17. The Morgan fingerprint density at radius 2 is 2.11 bits per heavy atom. The van der Waals surface area contributed by atoms with Crippen LogP contribution in [0, 0.1) is 0 Å². The van der Waals surface area contributed by atoms with Gasteiger partial charge in [0.2, 0.25) is 5.91 Å². The van der Waals surface area contributed by atoms with Crippen LogP contribution >= 0.6 is 11.6 Å². The van der Waals surface area contributed by atoms with E-state index in [1.807, 2.05) is 6.07 Å². The number of carbonyl (C=O) groups is 2. The molecule has 2 aromatic rings. The van der Waals surface area contributed by atoms with E-state index in [-0.39, 0.29) is 11.7 Å². The van der Waals surface area contributed by atoms with Gasteiger partial charge < -0.3 is 14.6 Å². The Bertz CT molecular complexity index is 843. The van der Waals surface area contributed by atoms with E-state index in [0.717, 1.165) is 12.0 Å². The highest BCUT2D eigenvalue weighted by Crippen LogP contribution is 2.26. The van der Waals surface area contributed by atoms with Gasteiger partial charge in [-0.1, -0.05) is 28.9 Å². The molecule has 0 radical (unpaired) electrons. The van der Waals surface area contributed by atoms with Gasteiger partial charge in [0.05, 0.1) is 0 Å². The van der Waals surface area contributed by atoms with Crippen molar-refractivity contribution in [3.8, 4) is 11.3 Å². The third kappa shape index (κ3) is 4.80. The molecule has 0 saturated carbocycles. The van der Waals surface area contributed by atoms with Gasteiger partial charge >= 0.3 is 6.09 Å². The van der Waals surface area contributed by atoms with Gasteiger partial charge in [0.15, 0.2) is 11.6 Å². The molecule has 0 unspecified atom stereocenters. The summed E-state index contributed by atoms with van der Waals surface area (Å²) in [7, 11) is 0. The van der Waals surface area contributed by atoms with E-state index in [2.05, 4.69) is 10.5 Å². The molecule has 2 amide bonds. The van der Waals surface area contributed by atoms with Crippen LogP contribution in [0.5, 0.6) is 0 Å². The molecule has 7 nitrogen and oxygen atoms in total. The number of ether oxygens (including phenoxy) is 1. The number of likely N-dealkylation sites (tertiary alicyclic amines) is 1. The Morgan fingerprint density at radius 1 is 1.33 bits per heavy atom. The van der Waals surface area contributed by atoms with E-state index in [4.69, 9.17) is 20.9 Å². The summed E-state index contributed by atoms with van der Waals surface area (Å²) in [5.41, 5.74) is 0.144. The molecule has 1 atom stereocenters. The topological polar surface area (TPSA) is 84.7 Å². The molecule has 3 rings (SSSR count). The van der Waals surface area contributed by atoms with E-state index < -0.39 is 17.7 Å². The first-order valence-corrected chi connectivity index (χ1v) is 9.14. The number of amides is 2. The van der Waals surface area contributed by atoms with Gasteiger partial charge in [-0.15, -0.1) is 0 Å². The zero-order chi connectivity index (χ0) is 19.6. The summed E-state index contributed by atoms with van der Waals surface area (Å²) in [6, 6.07) is 8.17. The predicted molar refractivity (Wildman–Crippen MR) is 102 cm³/mol. The van der Waals surface area contributed by atoms with Crippen LogP contribution in [-0.4, -0.2) is 40.2 Å². The summed E-state index contributed by atoms with van der Waals surface area (Å²) < 4.78 is 10.7. The molecule has 2 heterocycles. The number of hydrogen-bond acceptors (Lipinski definition) is 5. The van der Waals surface area contributed by atoms with E-state index in [0.29, 0.717) is 23.7 Å². The summed E-state index contributed by atoms with van der Waals surface area (Å²) >= 11 is 5.98. The maximum atomic E-state index is 12.6. The van der Waals surface area contributed by atoms with Crippen molar-refractivity contribution >= 4 is 29.4 Å². The van der Waals surface area contributed by atoms with Crippen molar-refractivity contribution in [1.82, 2.24) is 10.1 Å². The molecule has 1 aromatic carbocycles. The smallest absolute Gasteiger partial charge is 0.410 e. The van der Waals surface area contributed by atoms with Crippen LogP contribution in [0.2, 0.25) is 5.02 Å². The molecule has 1 aromatic heterocycles. The third-order valence-electron chi connectivity index (χ3n) is 4.05. The number of halogens is 1. The van der Waals surface area contributed by atoms with Gasteiger partial charge in [-0.2, -0.15) is 0 Å². The zero-order valence-electron chi connectivity index (χ0n) is 15.5. The van der Waals surface area contributed by atoms with E-state index in [1.54, 1.807) is 45.0 Å². The highest BCUT2D eigenvalue weighted by atomic mass is 35.5. The second kappa shape index (κ2) is 7.60. The molecule has 0 spiro atoms. The number of rotatable bonds is 3. The SMILES string of the molecule is CC(C)(C)OC(=O)N1CCC[C@H]1C(=O)Nc1cc(-c2cccc(Cl)c2)on1. The average molecular weight is 392 g/mol. The first-order chi connectivity index (χ1) is 12.7. The minimum absolute atomic E-state index is 0.283. The molecule has 0 aliphatic carbocycles. The second-order valence-corrected chi connectivity index (χ2v) is 7.84. The van der Waals surface area contributed by atoms with Gasteiger partial charge in [-0.25, -0.2) is 4.79 Å². The van der Waals surface area contributed by atoms with E-state index in [9.17, 15) is 9.59 Å². The Morgan fingerprint density at radius 3 is 2.81 bits per heavy atom. The fourth-order valence-corrected chi connectivity index (χ4v) is 3.09. The monoisotopic (exact) mass is 391 g/mol. The van der Waals surface area contributed by atoms with Gasteiger partial charge in [-0.3, -0.25) is 9.69 Å². The standard InChI is InChI=1S/C19H22ClN3O4/c1-19(2,3)26-18(25)23-9-5-8-14(23)17(24)21-16-11-15(27-22-16)12-6-4-7-13(20)10-12/h4,6-7,10-11,14H,5,8-9H2,1-3H3,(H,21,22,24)/t14-/m0/s1. The largest absolute Gasteiger partial charge is 0.444 e. The molecule has 1 fully saturated rings. The minimum atomic E-state index is -0.612. The van der Waals surface area contributed by atoms with Gasteiger partial charge in [0.25, 0.3) is 0 Å². The van der Waals surface area contributed by atoms with Gasteiger partial charge in [-0.05, 0) is 45.7 Å². The fraction of sp³-hybridized carbons (Fsp3) is 0.421. The van der Waals surface area contributed by atoms with Crippen molar-refractivity contribution in [3.63, 3.8) is 0 Å². The van der Waals surface area contributed by atoms with Crippen LogP contribution in [0.1, 0.15) is 33.6 Å². The van der Waals surface area contributed by atoms with Crippen molar-refractivity contribution in [2.24, 2.45) is 0 Å². The van der Waals surface area contributed by atoms with Crippen LogP contribution in [0.3, 0.4) is 0 Å². The normalized spacial score (nSPS) is 17.0. The fourth-order valence-electron chi connectivity index (χ4n) is 2.90. The number of carbonyl (C=O) groups excluding carboxylic acids is 2. The lowest BCUT2D eigenvalue weighted by molar-refractivity contribution is -0.120. The Hall–Kier alpha value is -2.54. The van der Waals surface area contributed by atoms with Gasteiger partial charge in [0, 0.05) is 23.2 Å². The van der Waals surface area contributed by atoms with Crippen molar-refractivity contribution in [2.75, 3.05) is 11.9 Å². The van der Waals surface area contributed by atoms with Crippen LogP contribution < -0.4 is 5.32 Å². The minimum Gasteiger partial charge on any atom is -0.444 e. The predicted octanol–water partition coefficient (Wildman–Crippen LogP) is 4.33. The average Bonchev–Trinajstić information content (AvgIpc) is 3.22. The maximum Gasteiger partial charge on any atom is 0.410 e. The summed E-state index contributed by atoms with van der Waals surface area (Å²) in [5.74, 6) is 0.457. The maximum absolute atomic E-state index is 12.6. The number of nitrogens with zero attached hydrogens (tertiary/aromatic N) is 2. The number of benzene rings is 1. The van der Waals surface area contributed by atoms with Crippen molar-refractivity contribution in [2.45, 2.75) is 45.3 Å². The van der Waals surface area contributed by atoms with Crippen LogP contribution in [0.4, 0.5) is 10.6 Å². The lowest BCUT2D eigenvalue weighted by Gasteiger charge is -2.27. The molecule has 144 valence electrons. The van der Waals surface area contributed by atoms with Crippen LogP contribution in [0.15, 0.2) is 34.9 Å². The third-order valence-corrected chi connectivity index (χ3v) is 4.29. The summed E-state index contributed by atoms with van der Waals surface area (Å²) in [6.45, 7) is 5.87. The van der Waals surface area contributed by atoms with Crippen molar-refractivity contribution < 1.29 is 18.8 Å². The van der Waals surface area contributed by atoms with Crippen LogP contribution in [0.25, 0.3) is 11.3 Å². The molecule has 1 N–H and O–H groups in total. The number of nitrogens with one attached hydrogen (secondary N) is 1. The molecule has 1 aliphatic heterocycles. The number of aromatic nitrogens is 1. The molecular formula is C19H22ClN3O4. The molecule has 1 saturated heterocycles. The van der Waals surface area contributed by atoms with Gasteiger partial charge in [0.1, 0.15) is 11.6 Å². The quantitative estimate of drug-likeness (QED) is 0.841. The van der Waals surface area contributed by atoms with Crippen LogP contribution in [-0.2, 0) is 9.53 Å². The first kappa shape index (κ1) is 19.2. The highest BCUT2D eigenvalue weighted by Gasteiger charge is 2.36. The van der Waals surface area contributed by atoms with Crippen molar-refractivity contribution in [3.05, 3.63) is 35.4 Å². The zero-order valence-corrected chi connectivity index (χ0v) is 16.2. The lowest BCUT2D eigenvalue weighted by atomic mass is 10.2. The second-order valence-electron chi connectivity index (χ2n) is 7.41. The molecule has 8 heteroatoms. The van der Waals surface area contributed by atoms with E-state index in [1.165, 1.54) is 4.90 Å². The Kier molecular flexibility index (Phi) is 5.41. The Labute approximate surface area is 162 Å². The molecular weight excluding hydrogens is 370 g/mol. The van der Waals surface area contributed by atoms with E-state index >= 15 is 0 Å². The van der Waals surface area contributed by atoms with Crippen molar-refractivity contribution in [1.29, 1.82) is 0 Å². The number of anilines is 1. The number of hydrogen-bond donors (Lipinski definition) is 1. The molecule has 27 heavy (non-hydrogen) atoms.